The number of aromatic amines is 1. The molecule has 1 heterocycles. The molecule has 0 amide bonds. The lowest BCUT2D eigenvalue weighted by Crippen LogP contribution is -2.05. The Kier molecular flexibility index (Phi) is 4.17. The average molecular weight is 268 g/mol. The zero-order valence-corrected chi connectivity index (χ0v) is 10.9. The van der Waals surface area contributed by atoms with E-state index in [2.05, 4.69) is 15.2 Å². The van der Waals surface area contributed by atoms with E-state index < -0.39 is 0 Å². The summed E-state index contributed by atoms with van der Waals surface area (Å²) in [5.74, 6) is 1.95. The standard InChI is InChI=1S/C12H14ClN3O2/c1-8(12-14-11(7-17-2)15-16-12)18-10-5-3-4-9(13)6-10/h3-6,8H,7H2,1-2H3,(H,14,15,16). The van der Waals surface area contributed by atoms with Crippen LogP contribution in [0.15, 0.2) is 24.3 Å². The molecule has 0 radical (unpaired) electrons. The first-order valence-electron chi connectivity index (χ1n) is 5.51. The van der Waals surface area contributed by atoms with Crippen LogP contribution in [0.1, 0.15) is 24.7 Å². The molecule has 1 aromatic carbocycles. The third-order valence-corrected chi connectivity index (χ3v) is 2.54. The maximum atomic E-state index is 5.89. The molecule has 0 aliphatic carbocycles. The molecule has 1 atom stereocenters. The van der Waals surface area contributed by atoms with Crippen LogP contribution in [0.3, 0.4) is 0 Å². The van der Waals surface area contributed by atoms with Gasteiger partial charge in [-0.05, 0) is 25.1 Å². The Hall–Kier alpha value is -1.59. The molecule has 0 aliphatic heterocycles. The Morgan fingerprint density at radius 1 is 1.44 bits per heavy atom. The highest BCUT2D eigenvalue weighted by Crippen LogP contribution is 2.22. The van der Waals surface area contributed by atoms with Crippen LogP contribution >= 0.6 is 11.6 Å². The summed E-state index contributed by atoms with van der Waals surface area (Å²) >= 11 is 5.89. The molecular weight excluding hydrogens is 254 g/mol. The molecule has 0 spiro atoms. The number of nitrogens with one attached hydrogen (secondary N) is 1. The van der Waals surface area contributed by atoms with Crippen LogP contribution < -0.4 is 4.74 Å². The summed E-state index contributed by atoms with van der Waals surface area (Å²) in [6.07, 6.45) is -0.259. The van der Waals surface area contributed by atoms with Gasteiger partial charge in [-0.15, -0.1) is 0 Å². The summed E-state index contributed by atoms with van der Waals surface area (Å²) in [5.41, 5.74) is 0. The van der Waals surface area contributed by atoms with Crippen LogP contribution in [-0.2, 0) is 11.3 Å². The molecule has 1 unspecified atom stereocenters. The number of nitrogens with zero attached hydrogens (tertiary/aromatic N) is 2. The summed E-state index contributed by atoms with van der Waals surface area (Å²) in [5, 5.41) is 7.51. The summed E-state index contributed by atoms with van der Waals surface area (Å²) in [6.45, 7) is 2.28. The van der Waals surface area contributed by atoms with Crippen LogP contribution in [0.25, 0.3) is 0 Å². The fourth-order valence-corrected chi connectivity index (χ4v) is 1.67. The predicted octanol–water partition coefficient (Wildman–Crippen LogP) is 2.74. The first kappa shape index (κ1) is 12.9. The van der Waals surface area contributed by atoms with E-state index in [4.69, 9.17) is 21.1 Å². The Bertz CT molecular complexity index is 516. The normalized spacial score (nSPS) is 12.4. The molecule has 5 nitrogen and oxygen atoms in total. The van der Waals surface area contributed by atoms with Gasteiger partial charge in [-0.25, -0.2) is 4.98 Å². The van der Waals surface area contributed by atoms with E-state index in [0.29, 0.717) is 29.0 Å². The van der Waals surface area contributed by atoms with Crippen molar-refractivity contribution >= 4 is 11.6 Å². The highest BCUT2D eigenvalue weighted by atomic mass is 35.5. The summed E-state index contributed by atoms with van der Waals surface area (Å²) < 4.78 is 10.7. The van der Waals surface area contributed by atoms with Crippen molar-refractivity contribution in [3.8, 4) is 5.75 Å². The molecule has 1 N–H and O–H groups in total. The molecule has 2 rings (SSSR count). The van der Waals surface area contributed by atoms with E-state index in [1.54, 1.807) is 19.2 Å². The van der Waals surface area contributed by atoms with Crippen LogP contribution in [0, 0.1) is 0 Å². The largest absolute Gasteiger partial charge is 0.483 e. The first-order chi connectivity index (χ1) is 8.69. The van der Waals surface area contributed by atoms with E-state index in [1.807, 2.05) is 19.1 Å². The number of aromatic nitrogens is 3. The number of hydrogen-bond donors (Lipinski definition) is 1. The lowest BCUT2D eigenvalue weighted by atomic mass is 10.3. The molecule has 1 aromatic heterocycles. The fraction of sp³-hybridized carbons (Fsp3) is 0.333. The SMILES string of the molecule is COCc1nc(C(C)Oc2cccc(Cl)c2)n[nH]1. The van der Waals surface area contributed by atoms with Gasteiger partial charge in [-0.3, -0.25) is 5.10 Å². The second kappa shape index (κ2) is 5.84. The molecule has 0 saturated carbocycles. The number of methoxy groups -OCH3 is 1. The molecule has 18 heavy (non-hydrogen) atoms. The van der Waals surface area contributed by atoms with Crippen LogP contribution in [0.2, 0.25) is 5.02 Å². The minimum Gasteiger partial charge on any atom is -0.483 e. The number of H-pyrrole nitrogens is 1. The van der Waals surface area contributed by atoms with Crippen molar-refractivity contribution in [3.05, 3.63) is 40.9 Å². The number of ether oxygens (including phenoxy) is 2. The van der Waals surface area contributed by atoms with Crippen molar-refractivity contribution in [3.63, 3.8) is 0 Å². The topological polar surface area (TPSA) is 60.0 Å². The van der Waals surface area contributed by atoms with E-state index in [1.165, 1.54) is 0 Å². The first-order valence-corrected chi connectivity index (χ1v) is 5.89. The third kappa shape index (κ3) is 3.21. The summed E-state index contributed by atoms with van der Waals surface area (Å²) in [4.78, 5) is 4.27. The Morgan fingerprint density at radius 2 is 2.28 bits per heavy atom. The van der Waals surface area contributed by atoms with Gasteiger partial charge in [0, 0.05) is 12.1 Å². The Morgan fingerprint density at radius 3 is 3.00 bits per heavy atom. The van der Waals surface area contributed by atoms with Gasteiger partial charge < -0.3 is 9.47 Å². The number of rotatable bonds is 5. The van der Waals surface area contributed by atoms with E-state index >= 15 is 0 Å². The zero-order valence-electron chi connectivity index (χ0n) is 10.2. The van der Waals surface area contributed by atoms with Crippen molar-refractivity contribution in [1.29, 1.82) is 0 Å². The van der Waals surface area contributed by atoms with E-state index in [0.717, 1.165) is 0 Å². The Balaban J connectivity index is 2.04. The van der Waals surface area contributed by atoms with Gasteiger partial charge in [0.1, 0.15) is 12.4 Å². The molecule has 6 heteroatoms. The maximum absolute atomic E-state index is 5.89. The Labute approximate surface area is 110 Å². The highest BCUT2D eigenvalue weighted by Gasteiger charge is 2.13. The second-order valence-corrected chi connectivity index (χ2v) is 4.23. The van der Waals surface area contributed by atoms with Crippen LogP contribution in [0.4, 0.5) is 0 Å². The molecule has 0 bridgehead atoms. The fourth-order valence-electron chi connectivity index (χ4n) is 1.49. The van der Waals surface area contributed by atoms with Gasteiger partial charge in [0.05, 0.1) is 0 Å². The van der Waals surface area contributed by atoms with Gasteiger partial charge in [0.25, 0.3) is 0 Å². The molecular formula is C12H14ClN3O2. The molecule has 2 aromatic rings. The van der Waals surface area contributed by atoms with Crippen molar-refractivity contribution in [2.45, 2.75) is 19.6 Å². The quantitative estimate of drug-likeness (QED) is 0.905. The summed E-state index contributed by atoms with van der Waals surface area (Å²) in [7, 11) is 1.61. The lowest BCUT2D eigenvalue weighted by molar-refractivity contribution is 0.177. The maximum Gasteiger partial charge on any atom is 0.191 e. The molecule has 0 aliphatic rings. The monoisotopic (exact) mass is 267 g/mol. The predicted molar refractivity (Wildman–Crippen MR) is 67.6 cm³/mol. The van der Waals surface area contributed by atoms with Crippen molar-refractivity contribution in [1.82, 2.24) is 15.2 Å². The van der Waals surface area contributed by atoms with E-state index in [9.17, 15) is 0 Å². The van der Waals surface area contributed by atoms with Gasteiger partial charge in [-0.2, -0.15) is 5.10 Å². The molecule has 96 valence electrons. The van der Waals surface area contributed by atoms with Gasteiger partial charge in [0.2, 0.25) is 0 Å². The number of hydrogen-bond acceptors (Lipinski definition) is 4. The van der Waals surface area contributed by atoms with Crippen LogP contribution in [-0.4, -0.2) is 22.3 Å². The van der Waals surface area contributed by atoms with Gasteiger partial charge in [0.15, 0.2) is 17.8 Å². The van der Waals surface area contributed by atoms with E-state index in [-0.39, 0.29) is 6.10 Å². The minimum absolute atomic E-state index is 0.259. The van der Waals surface area contributed by atoms with Crippen molar-refractivity contribution in [2.75, 3.05) is 7.11 Å². The van der Waals surface area contributed by atoms with Gasteiger partial charge in [-0.1, -0.05) is 17.7 Å². The molecule has 0 saturated heterocycles. The van der Waals surface area contributed by atoms with Crippen molar-refractivity contribution < 1.29 is 9.47 Å². The third-order valence-electron chi connectivity index (χ3n) is 2.30. The van der Waals surface area contributed by atoms with Gasteiger partial charge >= 0.3 is 0 Å². The second-order valence-electron chi connectivity index (χ2n) is 3.79. The van der Waals surface area contributed by atoms with Crippen molar-refractivity contribution in [2.24, 2.45) is 0 Å². The van der Waals surface area contributed by atoms with Crippen LogP contribution in [0.5, 0.6) is 5.75 Å². The zero-order chi connectivity index (χ0) is 13.0. The summed E-state index contributed by atoms with van der Waals surface area (Å²) in [6, 6.07) is 7.22. The lowest BCUT2D eigenvalue weighted by Gasteiger charge is -2.11. The number of halogens is 1. The number of benzene rings is 1. The minimum atomic E-state index is -0.259. The smallest absolute Gasteiger partial charge is 0.191 e. The average Bonchev–Trinajstić information content (AvgIpc) is 2.78. The molecule has 0 fully saturated rings. The highest BCUT2D eigenvalue weighted by molar-refractivity contribution is 6.30.